The molecule has 0 aromatic heterocycles. The number of aliphatic carboxylic acids is 3. The van der Waals surface area contributed by atoms with E-state index >= 15 is 0 Å². The molecule has 34 heavy (non-hydrogen) atoms. The zero-order chi connectivity index (χ0) is 26.0. The Labute approximate surface area is 206 Å². The van der Waals surface area contributed by atoms with Crippen molar-refractivity contribution in [3.63, 3.8) is 0 Å². The van der Waals surface area contributed by atoms with E-state index in [1.807, 2.05) is 6.08 Å². The Morgan fingerprint density at radius 3 is 1.44 bits per heavy atom. The van der Waals surface area contributed by atoms with Gasteiger partial charge in [-0.3, -0.25) is 4.48 Å². The van der Waals surface area contributed by atoms with Gasteiger partial charge in [-0.1, -0.05) is 83.3 Å². The van der Waals surface area contributed by atoms with Crippen molar-refractivity contribution in [2.24, 2.45) is 0 Å². The third-order valence-electron chi connectivity index (χ3n) is 7.28. The average Bonchev–Trinajstić information content (AvgIpc) is 2.80. The van der Waals surface area contributed by atoms with Crippen molar-refractivity contribution >= 4 is 17.9 Å². The van der Waals surface area contributed by atoms with E-state index in [0.29, 0.717) is 12.8 Å². The van der Waals surface area contributed by atoms with Gasteiger partial charge in [0.1, 0.15) is 6.04 Å². The van der Waals surface area contributed by atoms with Crippen LogP contribution < -0.4 is 5.11 Å². The van der Waals surface area contributed by atoms with Crippen LogP contribution >= 0.6 is 0 Å². The maximum atomic E-state index is 11.7. The summed E-state index contributed by atoms with van der Waals surface area (Å²) in [5.74, 6) is -3.87. The highest BCUT2D eigenvalue weighted by Crippen LogP contribution is 2.27. The van der Waals surface area contributed by atoms with E-state index in [4.69, 9.17) is 0 Å². The minimum atomic E-state index is -1.44. The second-order valence-corrected chi connectivity index (χ2v) is 9.68. The second-order valence-electron chi connectivity index (χ2n) is 9.68. The van der Waals surface area contributed by atoms with Crippen molar-refractivity contribution in [1.29, 1.82) is 0 Å². The predicted molar refractivity (Wildman–Crippen MR) is 133 cm³/mol. The summed E-state index contributed by atoms with van der Waals surface area (Å²) in [5, 5.41) is 30.8. The van der Waals surface area contributed by atoms with E-state index in [-0.39, 0.29) is 6.54 Å². The molecule has 0 saturated heterocycles. The minimum absolute atomic E-state index is 0.138. The molecule has 0 bridgehead atoms. The van der Waals surface area contributed by atoms with Crippen LogP contribution in [0.25, 0.3) is 0 Å². The van der Waals surface area contributed by atoms with Crippen molar-refractivity contribution < 1.29 is 34.2 Å². The molecule has 0 aliphatic carbocycles. The molecule has 0 heterocycles. The Bertz CT molecular complexity index is 568. The Hall–Kier alpha value is -1.89. The topological polar surface area (TPSA) is 115 Å². The number of rotatable bonds is 22. The van der Waals surface area contributed by atoms with Gasteiger partial charge in [-0.25, -0.2) is 9.59 Å². The third kappa shape index (κ3) is 11.5. The molecular formula is C27H49NO6. The fraction of sp³-hybridized carbons (Fsp3) is 0.815. The SMILES string of the molecule is CCCCCCCCCCCCC/C=C/CCC[N+](C(C)C(=O)[O-])(C(C)C(=O)O)C(C)C(=O)O. The lowest BCUT2D eigenvalue weighted by Crippen LogP contribution is -2.71. The quantitative estimate of drug-likeness (QED) is 0.128. The van der Waals surface area contributed by atoms with Gasteiger partial charge in [0.25, 0.3) is 0 Å². The lowest BCUT2D eigenvalue weighted by Gasteiger charge is -2.49. The number of unbranched alkanes of at least 4 members (excludes halogenated alkanes) is 12. The molecule has 0 fully saturated rings. The molecule has 7 nitrogen and oxygen atoms in total. The highest BCUT2D eigenvalue weighted by atomic mass is 16.4. The number of carbonyl (C=O) groups excluding carboxylic acids is 1. The molecule has 2 N–H and O–H groups in total. The molecule has 7 heteroatoms. The summed E-state index contributed by atoms with van der Waals surface area (Å²) in [6, 6.07) is -3.61. The van der Waals surface area contributed by atoms with Crippen LogP contribution in [0, 0.1) is 0 Å². The first-order valence-corrected chi connectivity index (χ1v) is 13.3. The van der Waals surface area contributed by atoms with Gasteiger partial charge in [-0.05, 0) is 40.0 Å². The number of carboxylic acid groups (broad SMARTS) is 3. The molecule has 0 aromatic rings. The van der Waals surface area contributed by atoms with Crippen LogP contribution in [-0.2, 0) is 14.4 Å². The van der Waals surface area contributed by atoms with Crippen LogP contribution in [0.3, 0.4) is 0 Å². The number of allylic oxidation sites excluding steroid dienone is 2. The first-order valence-electron chi connectivity index (χ1n) is 13.3. The molecule has 3 atom stereocenters. The first kappa shape index (κ1) is 32.1. The monoisotopic (exact) mass is 483 g/mol. The summed E-state index contributed by atoms with van der Waals surface area (Å²) in [6.45, 7) is 6.48. The molecule has 0 rings (SSSR count). The summed E-state index contributed by atoms with van der Waals surface area (Å²) < 4.78 is -0.570. The fourth-order valence-electron chi connectivity index (χ4n) is 4.84. The van der Waals surface area contributed by atoms with Crippen LogP contribution in [0.4, 0.5) is 0 Å². The second kappa shape index (κ2) is 18.4. The number of hydrogen-bond donors (Lipinski definition) is 2. The minimum Gasteiger partial charge on any atom is -0.544 e. The molecule has 0 aromatic carbocycles. The van der Waals surface area contributed by atoms with Crippen molar-refractivity contribution in [1.82, 2.24) is 0 Å². The summed E-state index contributed by atoms with van der Waals surface area (Å²) in [6.07, 6.45) is 20.7. The van der Waals surface area contributed by atoms with Crippen LogP contribution in [0.5, 0.6) is 0 Å². The van der Waals surface area contributed by atoms with Crippen LogP contribution in [0.1, 0.15) is 118 Å². The number of carboxylic acids is 3. The van der Waals surface area contributed by atoms with E-state index in [2.05, 4.69) is 13.0 Å². The Balaban J connectivity index is 4.43. The molecule has 198 valence electrons. The number of quaternary nitrogens is 1. The normalized spacial score (nSPS) is 16.1. The number of nitrogens with zero attached hydrogens (tertiary/aromatic N) is 1. The molecule has 0 spiro atoms. The van der Waals surface area contributed by atoms with Crippen molar-refractivity contribution in [3.8, 4) is 0 Å². The highest BCUT2D eigenvalue weighted by Gasteiger charge is 2.50. The van der Waals surface area contributed by atoms with E-state index in [1.54, 1.807) is 0 Å². The largest absolute Gasteiger partial charge is 0.544 e. The lowest BCUT2D eigenvalue weighted by atomic mass is 10.0. The standard InChI is InChI=1S/C27H49NO6/c1-5-6-7-8-9-10-11-12-13-14-15-16-17-18-19-20-21-28(22(2)25(29)30,23(3)26(31)32)24(4)27(33)34/h17-18,22-24H,5-16,19-21H2,1-4H3,(H2-,29,30,31,32,33,34)/b18-17+. The van der Waals surface area contributed by atoms with Crippen LogP contribution in [0.15, 0.2) is 12.2 Å². The predicted octanol–water partition coefficient (Wildman–Crippen LogP) is 4.93. The summed E-state index contributed by atoms with van der Waals surface area (Å²) in [5.41, 5.74) is 0. The summed E-state index contributed by atoms with van der Waals surface area (Å²) >= 11 is 0. The average molecular weight is 484 g/mol. The highest BCUT2D eigenvalue weighted by molar-refractivity contribution is 5.76. The number of hydrogen-bond acceptors (Lipinski definition) is 4. The van der Waals surface area contributed by atoms with E-state index in [1.165, 1.54) is 85.0 Å². The molecule has 0 aliphatic heterocycles. The van der Waals surface area contributed by atoms with E-state index in [0.717, 1.165) is 12.8 Å². The van der Waals surface area contributed by atoms with Crippen LogP contribution in [0.2, 0.25) is 0 Å². The molecule has 0 aliphatic rings. The van der Waals surface area contributed by atoms with Gasteiger partial charge in [0, 0.05) is 6.42 Å². The summed E-state index contributed by atoms with van der Waals surface area (Å²) in [7, 11) is 0. The number of carbonyl (C=O) groups is 3. The zero-order valence-corrected chi connectivity index (χ0v) is 22.0. The zero-order valence-electron chi connectivity index (χ0n) is 22.0. The Morgan fingerprint density at radius 1 is 0.676 bits per heavy atom. The van der Waals surface area contributed by atoms with Crippen LogP contribution in [-0.4, -0.2) is 57.3 Å². The van der Waals surface area contributed by atoms with Crippen molar-refractivity contribution in [2.75, 3.05) is 6.54 Å². The molecule has 3 unspecified atom stereocenters. The third-order valence-corrected chi connectivity index (χ3v) is 7.28. The summed E-state index contributed by atoms with van der Waals surface area (Å²) in [4.78, 5) is 35.1. The lowest BCUT2D eigenvalue weighted by molar-refractivity contribution is -0.969. The Kier molecular flexibility index (Phi) is 17.4. The van der Waals surface area contributed by atoms with Gasteiger partial charge in [0.15, 0.2) is 12.1 Å². The van der Waals surface area contributed by atoms with Gasteiger partial charge < -0.3 is 20.1 Å². The van der Waals surface area contributed by atoms with Gasteiger partial charge in [-0.2, -0.15) is 0 Å². The van der Waals surface area contributed by atoms with E-state index in [9.17, 15) is 29.7 Å². The molecule has 0 saturated carbocycles. The van der Waals surface area contributed by atoms with Gasteiger partial charge >= 0.3 is 11.9 Å². The van der Waals surface area contributed by atoms with E-state index < -0.39 is 40.5 Å². The van der Waals surface area contributed by atoms with Gasteiger partial charge in [0.2, 0.25) is 0 Å². The Morgan fingerprint density at radius 2 is 1.06 bits per heavy atom. The van der Waals surface area contributed by atoms with Gasteiger partial charge in [-0.15, -0.1) is 0 Å². The molecular weight excluding hydrogens is 434 g/mol. The maximum absolute atomic E-state index is 11.7. The maximum Gasteiger partial charge on any atom is 0.362 e. The first-order chi connectivity index (χ1) is 16.1. The fourth-order valence-corrected chi connectivity index (χ4v) is 4.84. The van der Waals surface area contributed by atoms with Crippen molar-refractivity contribution in [3.05, 3.63) is 12.2 Å². The molecule has 0 amide bonds. The van der Waals surface area contributed by atoms with Crippen molar-refractivity contribution in [2.45, 2.75) is 136 Å². The smallest absolute Gasteiger partial charge is 0.362 e. The molecule has 0 radical (unpaired) electrons. The van der Waals surface area contributed by atoms with Gasteiger partial charge in [0.05, 0.1) is 12.5 Å².